The number of para-hydroxylation sites is 1. The zero-order valence-electron chi connectivity index (χ0n) is 16.9. The van der Waals surface area contributed by atoms with E-state index < -0.39 is 10.0 Å². The second-order valence-electron chi connectivity index (χ2n) is 7.99. The van der Waals surface area contributed by atoms with E-state index in [4.69, 9.17) is 0 Å². The molecule has 0 bridgehead atoms. The lowest BCUT2D eigenvalue weighted by molar-refractivity contribution is 0.345. The van der Waals surface area contributed by atoms with Crippen molar-refractivity contribution in [2.45, 2.75) is 25.1 Å². The zero-order valence-corrected chi connectivity index (χ0v) is 17.7. The summed E-state index contributed by atoms with van der Waals surface area (Å²) in [4.78, 5) is 3.32. The number of sulfonamides is 1. The highest BCUT2D eigenvalue weighted by molar-refractivity contribution is 7.88. The average Bonchev–Trinajstić information content (AvgIpc) is 3.18. The molecular weight excluding hydrogens is 392 g/mol. The molecule has 1 aliphatic rings. The second kappa shape index (κ2) is 7.42. The summed E-state index contributed by atoms with van der Waals surface area (Å²) in [6, 6.07) is 23.7. The molecule has 3 aromatic carbocycles. The van der Waals surface area contributed by atoms with Crippen molar-refractivity contribution >= 4 is 20.9 Å². The number of rotatable bonds is 4. The van der Waals surface area contributed by atoms with E-state index in [-0.39, 0.29) is 11.8 Å². The van der Waals surface area contributed by atoms with Crippen LogP contribution >= 0.6 is 0 Å². The van der Waals surface area contributed by atoms with Gasteiger partial charge < -0.3 is 4.98 Å². The van der Waals surface area contributed by atoms with Gasteiger partial charge in [0.05, 0.1) is 11.8 Å². The van der Waals surface area contributed by atoms with Crippen molar-refractivity contribution in [2.75, 3.05) is 6.54 Å². The quantitative estimate of drug-likeness (QED) is 0.512. The zero-order chi connectivity index (χ0) is 20.7. The van der Waals surface area contributed by atoms with Gasteiger partial charge in [0.1, 0.15) is 0 Å². The molecule has 5 rings (SSSR count). The molecule has 30 heavy (non-hydrogen) atoms. The number of H-pyrrole nitrogens is 1. The van der Waals surface area contributed by atoms with Crippen molar-refractivity contribution in [3.63, 3.8) is 0 Å². The van der Waals surface area contributed by atoms with Crippen LogP contribution in [-0.2, 0) is 22.2 Å². The standard InChI is InChI=1S/C25H24N2O2S/c1-18-10-12-19(13-11-18)17-30(28,29)27-15-14-20-6-2-3-7-21(20)25(27)23-16-26-24-9-5-4-8-22(23)24/h2-13,16,25-26H,14-15,17H2,1H3/t25-/m0/s1. The Balaban J connectivity index is 1.62. The Morgan fingerprint density at radius 2 is 1.67 bits per heavy atom. The van der Waals surface area contributed by atoms with Crippen molar-refractivity contribution in [1.82, 2.24) is 9.29 Å². The molecule has 5 heteroatoms. The van der Waals surface area contributed by atoms with E-state index in [2.05, 4.69) is 23.2 Å². The number of nitrogens with one attached hydrogen (secondary N) is 1. The highest BCUT2D eigenvalue weighted by atomic mass is 32.2. The third kappa shape index (κ3) is 3.34. The van der Waals surface area contributed by atoms with Gasteiger partial charge in [0, 0.05) is 29.2 Å². The molecule has 0 radical (unpaired) electrons. The molecule has 0 amide bonds. The van der Waals surface area contributed by atoms with Crippen LogP contribution in [0.25, 0.3) is 10.9 Å². The monoisotopic (exact) mass is 416 g/mol. The van der Waals surface area contributed by atoms with Crippen LogP contribution < -0.4 is 0 Å². The Labute approximate surface area is 177 Å². The molecule has 1 N–H and O–H groups in total. The molecule has 1 atom stereocenters. The molecule has 1 aromatic heterocycles. The Bertz CT molecular complexity index is 1310. The molecule has 152 valence electrons. The number of benzene rings is 3. The molecule has 0 unspecified atom stereocenters. The Kier molecular flexibility index (Phi) is 4.72. The van der Waals surface area contributed by atoms with Gasteiger partial charge in [-0.15, -0.1) is 0 Å². The molecule has 0 saturated carbocycles. The number of hydrogen-bond acceptors (Lipinski definition) is 2. The van der Waals surface area contributed by atoms with Crippen molar-refractivity contribution in [2.24, 2.45) is 0 Å². The van der Waals surface area contributed by atoms with Crippen LogP contribution in [0, 0.1) is 6.92 Å². The highest BCUT2D eigenvalue weighted by Crippen LogP contribution is 2.40. The fraction of sp³-hybridized carbons (Fsp3) is 0.200. The summed E-state index contributed by atoms with van der Waals surface area (Å²) >= 11 is 0. The summed E-state index contributed by atoms with van der Waals surface area (Å²) in [6.45, 7) is 2.49. The number of aryl methyl sites for hydroxylation is 1. The van der Waals surface area contributed by atoms with Crippen LogP contribution in [0.4, 0.5) is 0 Å². The van der Waals surface area contributed by atoms with Crippen LogP contribution in [-0.4, -0.2) is 24.3 Å². The molecular formula is C25H24N2O2S. The van der Waals surface area contributed by atoms with Gasteiger partial charge in [0.25, 0.3) is 0 Å². The first kappa shape index (κ1) is 19.1. The molecule has 1 aliphatic heterocycles. The van der Waals surface area contributed by atoms with Crippen LogP contribution in [0.5, 0.6) is 0 Å². The number of nitrogens with zero attached hydrogens (tertiary/aromatic N) is 1. The van der Waals surface area contributed by atoms with Crippen LogP contribution in [0.3, 0.4) is 0 Å². The predicted octanol–water partition coefficient (Wildman–Crippen LogP) is 4.95. The van der Waals surface area contributed by atoms with Gasteiger partial charge in [-0.05, 0) is 36.1 Å². The number of hydrogen-bond donors (Lipinski definition) is 1. The minimum absolute atomic E-state index is 0.00824. The average molecular weight is 417 g/mol. The van der Waals surface area contributed by atoms with Crippen molar-refractivity contribution < 1.29 is 8.42 Å². The molecule has 0 spiro atoms. The lowest BCUT2D eigenvalue weighted by Gasteiger charge is -2.36. The van der Waals surface area contributed by atoms with Gasteiger partial charge in [-0.3, -0.25) is 0 Å². The number of fused-ring (bicyclic) bond motifs is 2. The second-order valence-corrected chi connectivity index (χ2v) is 9.92. The maximum absolute atomic E-state index is 13.6. The third-order valence-electron chi connectivity index (χ3n) is 5.98. The van der Waals surface area contributed by atoms with Crippen LogP contribution in [0.2, 0.25) is 0 Å². The molecule has 0 aliphatic carbocycles. The molecule has 0 saturated heterocycles. The molecule has 2 heterocycles. The Hall–Kier alpha value is -2.89. The minimum atomic E-state index is -3.52. The van der Waals surface area contributed by atoms with E-state index in [1.807, 2.05) is 67.7 Å². The maximum atomic E-state index is 13.6. The summed E-state index contributed by atoms with van der Waals surface area (Å²) in [5.74, 6) is 0.00824. The lowest BCUT2D eigenvalue weighted by atomic mass is 9.90. The topological polar surface area (TPSA) is 53.2 Å². The smallest absolute Gasteiger partial charge is 0.219 e. The minimum Gasteiger partial charge on any atom is -0.361 e. The van der Waals surface area contributed by atoms with Crippen LogP contribution in [0.1, 0.15) is 33.9 Å². The molecule has 4 aromatic rings. The summed E-state index contributed by atoms with van der Waals surface area (Å²) in [5.41, 5.74) is 6.25. The first-order chi connectivity index (χ1) is 14.5. The van der Waals surface area contributed by atoms with Crippen LogP contribution in [0.15, 0.2) is 79.0 Å². The normalized spacial score (nSPS) is 17.2. The lowest BCUT2D eigenvalue weighted by Crippen LogP contribution is -2.41. The molecule has 4 nitrogen and oxygen atoms in total. The largest absolute Gasteiger partial charge is 0.361 e. The van der Waals surface area contributed by atoms with E-state index in [1.165, 1.54) is 5.56 Å². The van der Waals surface area contributed by atoms with Gasteiger partial charge >= 0.3 is 0 Å². The van der Waals surface area contributed by atoms with Gasteiger partial charge in [-0.25, -0.2) is 8.42 Å². The molecule has 0 fully saturated rings. The van der Waals surface area contributed by atoms with E-state index in [0.717, 1.165) is 39.6 Å². The summed E-state index contributed by atoms with van der Waals surface area (Å²) in [5, 5.41) is 1.06. The van der Waals surface area contributed by atoms with Gasteiger partial charge in [-0.2, -0.15) is 4.31 Å². The maximum Gasteiger partial charge on any atom is 0.219 e. The fourth-order valence-corrected chi connectivity index (χ4v) is 6.16. The summed E-state index contributed by atoms with van der Waals surface area (Å²) < 4.78 is 28.9. The summed E-state index contributed by atoms with van der Waals surface area (Å²) in [7, 11) is -3.52. The van der Waals surface area contributed by atoms with Crippen molar-refractivity contribution in [3.8, 4) is 0 Å². The van der Waals surface area contributed by atoms with E-state index >= 15 is 0 Å². The number of aromatic nitrogens is 1. The number of aromatic amines is 1. The van der Waals surface area contributed by atoms with E-state index in [0.29, 0.717) is 6.54 Å². The predicted molar refractivity (Wildman–Crippen MR) is 121 cm³/mol. The van der Waals surface area contributed by atoms with Crippen molar-refractivity contribution in [1.29, 1.82) is 0 Å². The Morgan fingerprint density at radius 3 is 2.50 bits per heavy atom. The summed E-state index contributed by atoms with van der Waals surface area (Å²) in [6.07, 6.45) is 2.69. The third-order valence-corrected chi connectivity index (χ3v) is 7.79. The first-order valence-corrected chi connectivity index (χ1v) is 11.8. The van der Waals surface area contributed by atoms with E-state index in [9.17, 15) is 8.42 Å². The van der Waals surface area contributed by atoms with E-state index in [1.54, 1.807) is 4.31 Å². The highest BCUT2D eigenvalue weighted by Gasteiger charge is 2.37. The first-order valence-electron chi connectivity index (χ1n) is 10.2. The fourth-order valence-electron chi connectivity index (χ4n) is 4.46. The van der Waals surface area contributed by atoms with Gasteiger partial charge in [0.2, 0.25) is 10.0 Å². The SMILES string of the molecule is Cc1ccc(CS(=O)(=O)N2CCc3ccccc3[C@H]2c2c[nH]c3ccccc23)cc1. The van der Waals surface area contributed by atoms with Crippen molar-refractivity contribution in [3.05, 3.63) is 107 Å². The Morgan fingerprint density at radius 1 is 0.933 bits per heavy atom. The van der Waals surface area contributed by atoms with Gasteiger partial charge in [0.15, 0.2) is 0 Å². The van der Waals surface area contributed by atoms with Gasteiger partial charge in [-0.1, -0.05) is 72.3 Å².